The molecule has 0 atom stereocenters. The SMILES string of the molecule is CCCCCCCCCCCCCCCCCC=O.O.O=S(=O)(O)O. The van der Waals surface area contributed by atoms with Gasteiger partial charge in [0.2, 0.25) is 0 Å². The molecule has 0 saturated carbocycles. The van der Waals surface area contributed by atoms with Crippen LogP contribution < -0.4 is 0 Å². The average Bonchev–Trinajstić information content (AvgIpc) is 2.49. The summed E-state index contributed by atoms with van der Waals surface area (Å²) >= 11 is 0. The summed E-state index contributed by atoms with van der Waals surface area (Å²) in [5.41, 5.74) is 0. The Labute approximate surface area is 154 Å². The van der Waals surface area contributed by atoms with Gasteiger partial charge < -0.3 is 10.3 Å². The molecule has 7 heteroatoms. The minimum absolute atomic E-state index is 0. The van der Waals surface area contributed by atoms with Gasteiger partial charge >= 0.3 is 10.4 Å². The highest BCUT2D eigenvalue weighted by Crippen LogP contribution is 2.13. The highest BCUT2D eigenvalue weighted by atomic mass is 32.3. The number of aldehydes is 1. The largest absolute Gasteiger partial charge is 0.412 e. The van der Waals surface area contributed by atoms with Crippen LogP contribution in [0.1, 0.15) is 110 Å². The van der Waals surface area contributed by atoms with Gasteiger partial charge in [0, 0.05) is 6.42 Å². The van der Waals surface area contributed by atoms with Crippen molar-refractivity contribution in [3.63, 3.8) is 0 Å². The van der Waals surface area contributed by atoms with Gasteiger partial charge in [0.05, 0.1) is 0 Å². The second kappa shape index (κ2) is 23.5. The van der Waals surface area contributed by atoms with Crippen molar-refractivity contribution in [2.45, 2.75) is 110 Å². The number of hydrogen-bond donors (Lipinski definition) is 2. The van der Waals surface area contributed by atoms with E-state index in [1.165, 1.54) is 89.9 Å². The molecule has 0 saturated heterocycles. The lowest BCUT2D eigenvalue weighted by Crippen LogP contribution is -1.89. The van der Waals surface area contributed by atoms with Crippen molar-refractivity contribution in [2.75, 3.05) is 0 Å². The molecule has 0 aromatic carbocycles. The second-order valence-corrected chi connectivity index (χ2v) is 7.25. The lowest BCUT2D eigenvalue weighted by atomic mass is 10.0. The van der Waals surface area contributed by atoms with E-state index in [-0.39, 0.29) is 5.48 Å². The number of carbonyl (C=O) groups is 1. The fourth-order valence-corrected chi connectivity index (χ4v) is 2.60. The van der Waals surface area contributed by atoms with E-state index < -0.39 is 10.4 Å². The van der Waals surface area contributed by atoms with Crippen molar-refractivity contribution in [2.24, 2.45) is 0 Å². The minimum atomic E-state index is -4.67. The maximum absolute atomic E-state index is 10.1. The van der Waals surface area contributed by atoms with E-state index in [1.807, 2.05) is 0 Å². The molecule has 0 unspecified atom stereocenters. The van der Waals surface area contributed by atoms with Gasteiger partial charge in [-0.1, -0.05) is 96.8 Å². The Bertz CT molecular complexity index is 335. The lowest BCUT2D eigenvalue weighted by molar-refractivity contribution is -0.107. The number of unbranched alkanes of at least 4 members (excludes halogenated alkanes) is 15. The molecule has 0 spiro atoms. The lowest BCUT2D eigenvalue weighted by Gasteiger charge is -2.02. The highest BCUT2D eigenvalue weighted by molar-refractivity contribution is 7.79. The van der Waals surface area contributed by atoms with Gasteiger partial charge in [-0.3, -0.25) is 9.11 Å². The Hall–Kier alpha value is -0.500. The van der Waals surface area contributed by atoms with Crippen LogP contribution in [0.2, 0.25) is 0 Å². The van der Waals surface area contributed by atoms with E-state index in [9.17, 15) is 4.79 Å². The number of hydrogen-bond acceptors (Lipinski definition) is 3. The predicted molar refractivity (Wildman–Crippen MR) is 103 cm³/mol. The van der Waals surface area contributed by atoms with Gasteiger partial charge in [-0.15, -0.1) is 0 Å². The van der Waals surface area contributed by atoms with Crippen molar-refractivity contribution in [3.8, 4) is 0 Å². The first-order valence-electron chi connectivity index (χ1n) is 9.55. The van der Waals surface area contributed by atoms with Crippen LogP contribution in [0.15, 0.2) is 0 Å². The van der Waals surface area contributed by atoms with Gasteiger partial charge in [0.15, 0.2) is 0 Å². The Morgan fingerprint density at radius 3 is 1.12 bits per heavy atom. The molecule has 0 aromatic rings. The predicted octanol–water partition coefficient (Wildman–Crippen LogP) is 4.97. The van der Waals surface area contributed by atoms with Gasteiger partial charge in [-0.05, 0) is 6.42 Å². The third kappa shape index (κ3) is 45.2. The summed E-state index contributed by atoms with van der Waals surface area (Å²) < 4.78 is 31.6. The smallest absolute Gasteiger partial charge is 0.394 e. The van der Waals surface area contributed by atoms with Crippen LogP contribution in [0.5, 0.6) is 0 Å². The van der Waals surface area contributed by atoms with Crippen LogP contribution in [-0.4, -0.2) is 29.3 Å². The Kier molecular flexibility index (Phi) is 27.5. The first-order valence-corrected chi connectivity index (χ1v) is 10.9. The molecule has 0 aliphatic heterocycles. The fraction of sp³-hybridized carbons (Fsp3) is 0.944. The molecule has 0 amide bonds. The molecule has 0 fully saturated rings. The van der Waals surface area contributed by atoms with E-state index in [4.69, 9.17) is 17.5 Å². The summed E-state index contributed by atoms with van der Waals surface area (Å²) in [4.78, 5) is 10.1. The average molecular weight is 385 g/mol. The van der Waals surface area contributed by atoms with Crippen LogP contribution in [0, 0.1) is 0 Å². The van der Waals surface area contributed by atoms with Crippen LogP contribution in [0.25, 0.3) is 0 Å². The van der Waals surface area contributed by atoms with Crippen LogP contribution in [0.3, 0.4) is 0 Å². The molecule has 0 radical (unpaired) electrons. The molecule has 0 aliphatic rings. The molecule has 4 N–H and O–H groups in total. The zero-order valence-corrected chi connectivity index (χ0v) is 16.7. The van der Waals surface area contributed by atoms with Crippen molar-refractivity contribution >= 4 is 16.7 Å². The maximum Gasteiger partial charge on any atom is 0.394 e. The van der Waals surface area contributed by atoms with Crippen molar-refractivity contribution in [1.29, 1.82) is 0 Å². The van der Waals surface area contributed by atoms with Gasteiger partial charge in [-0.25, -0.2) is 0 Å². The molecule has 25 heavy (non-hydrogen) atoms. The van der Waals surface area contributed by atoms with Gasteiger partial charge in [-0.2, -0.15) is 8.42 Å². The minimum Gasteiger partial charge on any atom is -0.412 e. The molecule has 0 heterocycles. The number of rotatable bonds is 16. The summed E-state index contributed by atoms with van der Waals surface area (Å²) in [6.07, 6.45) is 22.6. The summed E-state index contributed by atoms with van der Waals surface area (Å²) in [6, 6.07) is 0. The van der Waals surface area contributed by atoms with Gasteiger partial charge in [0.1, 0.15) is 6.29 Å². The zero-order chi connectivity index (χ0) is 18.5. The van der Waals surface area contributed by atoms with Crippen LogP contribution >= 0.6 is 0 Å². The van der Waals surface area contributed by atoms with Crippen molar-refractivity contribution in [3.05, 3.63) is 0 Å². The van der Waals surface area contributed by atoms with Crippen molar-refractivity contribution in [1.82, 2.24) is 0 Å². The summed E-state index contributed by atoms with van der Waals surface area (Å²) in [6.45, 7) is 2.28. The number of carbonyl (C=O) groups excluding carboxylic acids is 1. The molecule has 0 rings (SSSR count). The fourth-order valence-electron chi connectivity index (χ4n) is 2.60. The highest BCUT2D eigenvalue weighted by Gasteiger charge is 1.94. The third-order valence-corrected chi connectivity index (χ3v) is 3.93. The third-order valence-electron chi connectivity index (χ3n) is 3.93. The van der Waals surface area contributed by atoms with E-state index in [0.29, 0.717) is 0 Å². The molecular weight excluding hydrogens is 344 g/mol. The molecule has 154 valence electrons. The Balaban J connectivity index is -0.000000704. The van der Waals surface area contributed by atoms with E-state index in [0.717, 1.165) is 19.1 Å². The molecule has 6 nitrogen and oxygen atoms in total. The van der Waals surface area contributed by atoms with E-state index in [1.54, 1.807) is 0 Å². The monoisotopic (exact) mass is 384 g/mol. The molecule has 0 bridgehead atoms. The maximum atomic E-state index is 10.1. The Morgan fingerprint density at radius 2 is 0.880 bits per heavy atom. The van der Waals surface area contributed by atoms with Crippen LogP contribution in [0.4, 0.5) is 0 Å². The standard InChI is InChI=1S/C18H36O.H2O4S.H2O/c1-2-3-4-5-6-7-8-9-10-11-12-13-14-15-16-17-18-19;1-5(2,3)4;/h18H,2-17H2,1H3;(H2,1,2,3,4);1H2. The zero-order valence-electron chi connectivity index (χ0n) is 15.9. The second-order valence-electron chi connectivity index (χ2n) is 6.35. The van der Waals surface area contributed by atoms with E-state index in [2.05, 4.69) is 6.92 Å². The van der Waals surface area contributed by atoms with Crippen molar-refractivity contribution < 1.29 is 27.8 Å². The molecule has 0 aromatic heterocycles. The summed E-state index contributed by atoms with van der Waals surface area (Å²) in [7, 11) is -4.67. The summed E-state index contributed by atoms with van der Waals surface area (Å²) in [5, 5.41) is 0. The topological polar surface area (TPSA) is 123 Å². The molecule has 0 aliphatic carbocycles. The first-order chi connectivity index (χ1) is 11.4. The van der Waals surface area contributed by atoms with Gasteiger partial charge in [0.25, 0.3) is 0 Å². The molecular formula is C18H40O6S. The Morgan fingerprint density at radius 1 is 0.640 bits per heavy atom. The quantitative estimate of drug-likeness (QED) is 0.221. The van der Waals surface area contributed by atoms with E-state index >= 15 is 0 Å². The van der Waals surface area contributed by atoms with Crippen LogP contribution in [-0.2, 0) is 15.2 Å². The normalized spacial score (nSPS) is 10.5. The summed E-state index contributed by atoms with van der Waals surface area (Å²) in [5.74, 6) is 0. The first kappa shape index (κ1) is 29.3.